The number of carbonyl (C=O) groups is 3. The zero-order chi connectivity index (χ0) is 22.7. The number of phenolic OH excluding ortho intramolecular Hbond substituents is 1. The fraction of sp³-hybridized carbons (Fsp3) is 0.550. The molecule has 0 radical (unpaired) electrons. The molecule has 0 aromatic heterocycles. The second-order valence-corrected chi connectivity index (χ2v) is 7.37. The highest BCUT2D eigenvalue weighted by molar-refractivity contribution is 5.72. The van der Waals surface area contributed by atoms with Crippen molar-refractivity contribution >= 4 is 18.2 Å². The van der Waals surface area contributed by atoms with Crippen molar-refractivity contribution in [3.05, 3.63) is 29.8 Å². The van der Waals surface area contributed by atoms with Gasteiger partial charge in [0.2, 0.25) is 6.79 Å². The number of nitrogens with one attached hydrogen (secondary N) is 1. The van der Waals surface area contributed by atoms with Crippen LogP contribution >= 0.6 is 0 Å². The Morgan fingerprint density at radius 1 is 1.20 bits per heavy atom. The van der Waals surface area contributed by atoms with Gasteiger partial charge in [-0.05, 0) is 45.4 Å². The van der Waals surface area contributed by atoms with Crippen molar-refractivity contribution < 1.29 is 38.8 Å². The Morgan fingerprint density at radius 3 is 2.50 bits per heavy atom. The number of esters is 1. The summed E-state index contributed by atoms with van der Waals surface area (Å²) in [4.78, 5) is 36.4. The topological polar surface area (TPSA) is 135 Å². The van der Waals surface area contributed by atoms with Gasteiger partial charge in [0.25, 0.3) is 0 Å². The lowest BCUT2D eigenvalue weighted by Crippen LogP contribution is -2.36. The first-order valence-corrected chi connectivity index (χ1v) is 9.53. The van der Waals surface area contributed by atoms with E-state index >= 15 is 0 Å². The second kappa shape index (κ2) is 11.9. The average Bonchev–Trinajstić information content (AvgIpc) is 2.64. The number of nitrogens with zero attached hydrogens (tertiary/aromatic N) is 1. The summed E-state index contributed by atoms with van der Waals surface area (Å²) < 4.78 is 14.7. The summed E-state index contributed by atoms with van der Waals surface area (Å²) in [5, 5.41) is 22.1. The summed E-state index contributed by atoms with van der Waals surface area (Å²) in [5.74, 6) is -0.660. The Labute approximate surface area is 175 Å². The number of alkyl carbamates (subject to hydrolysis) is 1. The number of hydrogen-bond donors (Lipinski definition) is 3. The molecule has 0 bridgehead atoms. The van der Waals surface area contributed by atoms with Gasteiger partial charge in [-0.3, -0.25) is 4.79 Å². The fourth-order valence-corrected chi connectivity index (χ4v) is 2.27. The third kappa shape index (κ3) is 9.97. The lowest BCUT2D eigenvalue weighted by Gasteiger charge is -2.23. The molecule has 0 aliphatic rings. The number of ether oxygens (including phenoxy) is 3. The van der Waals surface area contributed by atoms with Crippen LogP contribution in [0.1, 0.15) is 45.8 Å². The van der Waals surface area contributed by atoms with Crippen molar-refractivity contribution in [3.63, 3.8) is 0 Å². The molecule has 0 saturated carbocycles. The van der Waals surface area contributed by atoms with Gasteiger partial charge in [-0.1, -0.05) is 12.1 Å². The third-order valence-electron chi connectivity index (χ3n) is 3.69. The number of phenols is 1. The number of carbonyl (C=O) groups excluding carboxylic acids is 3. The van der Waals surface area contributed by atoms with Gasteiger partial charge >= 0.3 is 18.2 Å². The van der Waals surface area contributed by atoms with Crippen LogP contribution in [0.4, 0.5) is 9.59 Å². The van der Waals surface area contributed by atoms with Crippen LogP contribution < -0.4 is 5.32 Å². The summed E-state index contributed by atoms with van der Waals surface area (Å²) in [6, 6.07) is 6.08. The summed E-state index contributed by atoms with van der Waals surface area (Å²) in [7, 11) is 0. The number of hydrogen-bond acceptors (Lipinski definition) is 8. The van der Waals surface area contributed by atoms with Crippen LogP contribution in [0.5, 0.6) is 5.75 Å². The number of aliphatic hydroxyl groups is 1. The first-order valence-electron chi connectivity index (χ1n) is 9.53. The number of likely N-dealkylation sites (N-methyl/N-ethyl adjacent to an activating group) is 1. The molecular formula is C20H30N2O8. The Bertz CT molecular complexity index is 717. The summed E-state index contributed by atoms with van der Waals surface area (Å²) in [5.41, 5.74) is -0.191. The van der Waals surface area contributed by atoms with Gasteiger partial charge in [-0.2, -0.15) is 0 Å². The van der Waals surface area contributed by atoms with Crippen molar-refractivity contribution in [2.75, 3.05) is 26.4 Å². The number of rotatable bonds is 9. The lowest BCUT2D eigenvalue weighted by molar-refractivity contribution is -0.152. The molecule has 0 spiro atoms. The molecular weight excluding hydrogens is 396 g/mol. The molecule has 10 nitrogen and oxygen atoms in total. The van der Waals surface area contributed by atoms with Crippen molar-refractivity contribution in [2.24, 2.45) is 0 Å². The highest BCUT2D eigenvalue weighted by Gasteiger charge is 2.20. The fourth-order valence-electron chi connectivity index (χ4n) is 2.27. The van der Waals surface area contributed by atoms with Gasteiger partial charge in [0, 0.05) is 13.1 Å². The molecule has 0 aliphatic carbocycles. The molecule has 2 amide bonds. The molecule has 3 N–H and O–H groups in total. The molecule has 1 aromatic carbocycles. The Hall–Kier alpha value is -3.01. The smallest absolute Gasteiger partial charge is 0.412 e. The van der Waals surface area contributed by atoms with Crippen LogP contribution in [0.3, 0.4) is 0 Å². The average molecular weight is 426 g/mol. The van der Waals surface area contributed by atoms with Crippen molar-refractivity contribution in [2.45, 2.75) is 45.8 Å². The second-order valence-electron chi connectivity index (χ2n) is 7.37. The molecule has 0 heterocycles. The zero-order valence-corrected chi connectivity index (χ0v) is 17.7. The first kappa shape index (κ1) is 25.0. The van der Waals surface area contributed by atoms with Gasteiger partial charge in [-0.25, -0.2) is 9.59 Å². The predicted octanol–water partition coefficient (Wildman–Crippen LogP) is 2.30. The van der Waals surface area contributed by atoms with Crippen molar-refractivity contribution in [3.8, 4) is 5.75 Å². The largest absolute Gasteiger partial charge is 0.508 e. The third-order valence-corrected chi connectivity index (χ3v) is 3.69. The highest BCUT2D eigenvalue weighted by Crippen LogP contribution is 2.19. The molecule has 1 rings (SSSR count). The maximum absolute atomic E-state index is 12.1. The minimum Gasteiger partial charge on any atom is -0.508 e. The van der Waals surface area contributed by atoms with Gasteiger partial charge in [0.05, 0.1) is 19.1 Å². The van der Waals surface area contributed by atoms with Crippen molar-refractivity contribution in [1.82, 2.24) is 10.2 Å². The van der Waals surface area contributed by atoms with E-state index in [9.17, 15) is 24.6 Å². The summed E-state index contributed by atoms with van der Waals surface area (Å²) >= 11 is 0. The summed E-state index contributed by atoms with van der Waals surface area (Å²) in [6.45, 7) is 6.47. The maximum atomic E-state index is 12.1. The quantitative estimate of drug-likeness (QED) is 0.404. The van der Waals surface area contributed by atoms with Crippen LogP contribution in [0.15, 0.2) is 24.3 Å². The van der Waals surface area contributed by atoms with Crippen LogP contribution in [0, 0.1) is 0 Å². The highest BCUT2D eigenvalue weighted by atomic mass is 16.7. The number of amides is 2. The van der Waals surface area contributed by atoms with E-state index in [2.05, 4.69) is 5.32 Å². The molecule has 30 heavy (non-hydrogen) atoms. The molecule has 1 unspecified atom stereocenters. The minimum absolute atomic E-state index is 0.00486. The van der Waals surface area contributed by atoms with E-state index in [4.69, 9.17) is 14.2 Å². The standard InChI is InChI=1S/C20H30N2O8/c1-5-22(12-16(24)14-7-6-8-15(23)11-14)19(27)29-13-28-17(25)9-10-21-18(26)30-20(2,3)4/h6-8,11,16,23-24H,5,9-10,12-13H2,1-4H3,(H,21,26). The van der Waals surface area contributed by atoms with Gasteiger partial charge in [0.15, 0.2) is 0 Å². The Balaban J connectivity index is 2.32. The summed E-state index contributed by atoms with van der Waals surface area (Å²) in [6.07, 6.45) is -2.56. The van der Waals surface area contributed by atoms with E-state index in [1.54, 1.807) is 39.8 Å². The number of benzene rings is 1. The SMILES string of the molecule is CCN(CC(O)c1cccc(O)c1)C(=O)OCOC(=O)CCNC(=O)OC(C)(C)C. The van der Waals surface area contributed by atoms with E-state index in [1.807, 2.05) is 0 Å². The number of aliphatic hydroxyl groups excluding tert-OH is 1. The Kier molecular flexibility index (Phi) is 9.90. The van der Waals surface area contributed by atoms with Crippen molar-refractivity contribution in [1.29, 1.82) is 0 Å². The number of aromatic hydroxyl groups is 1. The molecule has 0 aliphatic heterocycles. The van der Waals surface area contributed by atoms with E-state index in [0.717, 1.165) is 0 Å². The lowest BCUT2D eigenvalue weighted by atomic mass is 10.1. The van der Waals surface area contributed by atoms with E-state index in [-0.39, 0.29) is 31.8 Å². The normalized spacial score (nSPS) is 11.9. The van der Waals surface area contributed by atoms with E-state index in [0.29, 0.717) is 5.56 Å². The molecule has 10 heteroatoms. The van der Waals surface area contributed by atoms with Gasteiger partial charge in [-0.15, -0.1) is 0 Å². The molecule has 168 valence electrons. The predicted molar refractivity (Wildman–Crippen MR) is 107 cm³/mol. The van der Waals surface area contributed by atoms with Crippen LogP contribution in [0.25, 0.3) is 0 Å². The minimum atomic E-state index is -1.02. The maximum Gasteiger partial charge on any atom is 0.412 e. The molecule has 0 fully saturated rings. The molecule has 1 aromatic rings. The Morgan fingerprint density at radius 2 is 1.90 bits per heavy atom. The van der Waals surface area contributed by atoms with Crippen LogP contribution in [0.2, 0.25) is 0 Å². The van der Waals surface area contributed by atoms with Crippen LogP contribution in [-0.2, 0) is 19.0 Å². The van der Waals surface area contributed by atoms with Gasteiger partial charge < -0.3 is 34.6 Å². The monoisotopic (exact) mass is 426 g/mol. The molecule has 0 saturated heterocycles. The zero-order valence-electron chi connectivity index (χ0n) is 17.7. The first-order chi connectivity index (χ1) is 14.0. The van der Waals surface area contributed by atoms with Gasteiger partial charge in [0.1, 0.15) is 11.4 Å². The van der Waals surface area contributed by atoms with E-state index in [1.165, 1.54) is 17.0 Å². The molecule has 1 atom stereocenters. The van der Waals surface area contributed by atoms with E-state index < -0.39 is 36.7 Å². The van der Waals surface area contributed by atoms with Crippen LogP contribution in [-0.4, -0.2) is 65.3 Å².